The molecule has 0 saturated carbocycles. The minimum absolute atomic E-state index is 0.207. The fraction of sp³-hybridized carbons (Fsp3) is 0.500. The lowest BCUT2D eigenvalue weighted by molar-refractivity contribution is 0.0850. The summed E-state index contributed by atoms with van der Waals surface area (Å²) in [6.07, 6.45) is 0.756. The van der Waals surface area contributed by atoms with Gasteiger partial charge in [-0.15, -0.1) is 0 Å². The molecule has 0 spiro atoms. The summed E-state index contributed by atoms with van der Waals surface area (Å²) in [5.74, 6) is 0. The molecule has 88 valence electrons. The van der Waals surface area contributed by atoms with E-state index < -0.39 is 0 Å². The molecule has 0 amide bonds. The largest absolute Gasteiger partial charge is 0.396 e. The zero-order valence-corrected chi connectivity index (χ0v) is 10.7. The average Bonchev–Trinajstić information content (AvgIpc) is 2.30. The summed E-state index contributed by atoms with van der Waals surface area (Å²) in [7, 11) is 0. The quantitative estimate of drug-likeness (QED) is 0.923. The standard InChI is InChI=1S/C12H16BrNO2/c13-10-2-1-3-11(8-10)14-5-7-16-9-12(14)4-6-15/h1-3,8,12,15H,4-7,9H2. The number of morpholine rings is 1. The second-order valence-corrected chi connectivity index (χ2v) is 4.83. The maximum absolute atomic E-state index is 9.05. The molecule has 4 heteroatoms. The third-order valence-corrected chi connectivity index (χ3v) is 3.32. The Balaban J connectivity index is 2.16. The Morgan fingerprint density at radius 1 is 1.50 bits per heavy atom. The summed E-state index contributed by atoms with van der Waals surface area (Å²) in [6, 6.07) is 8.54. The Bertz CT molecular complexity index is 344. The summed E-state index contributed by atoms with van der Waals surface area (Å²) < 4.78 is 6.53. The highest BCUT2D eigenvalue weighted by Gasteiger charge is 2.22. The van der Waals surface area contributed by atoms with Gasteiger partial charge in [0.2, 0.25) is 0 Å². The molecule has 0 aliphatic carbocycles. The van der Waals surface area contributed by atoms with Gasteiger partial charge in [-0.25, -0.2) is 0 Å². The van der Waals surface area contributed by atoms with E-state index in [1.807, 2.05) is 12.1 Å². The lowest BCUT2D eigenvalue weighted by atomic mass is 10.1. The molecule has 0 aromatic heterocycles. The third kappa shape index (κ3) is 2.75. The van der Waals surface area contributed by atoms with Crippen molar-refractivity contribution in [3.8, 4) is 0 Å². The van der Waals surface area contributed by atoms with Crippen LogP contribution < -0.4 is 4.90 Å². The van der Waals surface area contributed by atoms with E-state index in [2.05, 4.69) is 33.0 Å². The number of nitrogens with zero attached hydrogens (tertiary/aromatic N) is 1. The molecule has 1 N–H and O–H groups in total. The number of rotatable bonds is 3. The van der Waals surface area contributed by atoms with Crippen LogP contribution >= 0.6 is 15.9 Å². The van der Waals surface area contributed by atoms with Crippen LogP contribution in [0.1, 0.15) is 6.42 Å². The van der Waals surface area contributed by atoms with Crippen molar-refractivity contribution in [2.45, 2.75) is 12.5 Å². The van der Waals surface area contributed by atoms with Gasteiger partial charge in [-0.1, -0.05) is 22.0 Å². The van der Waals surface area contributed by atoms with E-state index in [0.29, 0.717) is 6.61 Å². The predicted octanol–water partition coefficient (Wildman–Crippen LogP) is 2.04. The van der Waals surface area contributed by atoms with Crippen LogP contribution in [0.2, 0.25) is 0 Å². The van der Waals surface area contributed by atoms with Gasteiger partial charge in [-0.05, 0) is 24.6 Å². The molecule has 1 atom stereocenters. The van der Waals surface area contributed by atoms with E-state index in [-0.39, 0.29) is 12.6 Å². The number of anilines is 1. The molecule has 1 aliphatic rings. The monoisotopic (exact) mass is 285 g/mol. The van der Waals surface area contributed by atoms with Crippen molar-refractivity contribution in [2.75, 3.05) is 31.3 Å². The Morgan fingerprint density at radius 2 is 2.38 bits per heavy atom. The molecule has 3 nitrogen and oxygen atoms in total. The van der Waals surface area contributed by atoms with Gasteiger partial charge in [0, 0.05) is 23.3 Å². The summed E-state index contributed by atoms with van der Waals surface area (Å²) >= 11 is 3.48. The molecule has 1 aromatic carbocycles. The average molecular weight is 286 g/mol. The van der Waals surface area contributed by atoms with Crippen LogP contribution in [-0.4, -0.2) is 37.5 Å². The van der Waals surface area contributed by atoms with E-state index in [9.17, 15) is 0 Å². The minimum Gasteiger partial charge on any atom is -0.396 e. The van der Waals surface area contributed by atoms with Crippen molar-refractivity contribution >= 4 is 21.6 Å². The summed E-state index contributed by atoms with van der Waals surface area (Å²) in [5.41, 5.74) is 1.19. The lowest BCUT2D eigenvalue weighted by Crippen LogP contribution is -2.46. The van der Waals surface area contributed by atoms with Crippen LogP contribution in [0.3, 0.4) is 0 Å². The second-order valence-electron chi connectivity index (χ2n) is 3.91. The molecule has 1 aliphatic heterocycles. The third-order valence-electron chi connectivity index (χ3n) is 2.83. The van der Waals surface area contributed by atoms with Crippen LogP contribution in [0, 0.1) is 0 Å². The topological polar surface area (TPSA) is 32.7 Å². The number of hydrogen-bond donors (Lipinski definition) is 1. The van der Waals surface area contributed by atoms with Gasteiger partial charge >= 0.3 is 0 Å². The van der Waals surface area contributed by atoms with E-state index in [1.54, 1.807) is 0 Å². The maximum atomic E-state index is 9.05. The van der Waals surface area contributed by atoms with Crippen molar-refractivity contribution in [2.24, 2.45) is 0 Å². The molecule has 1 saturated heterocycles. The van der Waals surface area contributed by atoms with E-state index in [4.69, 9.17) is 9.84 Å². The van der Waals surface area contributed by atoms with Crippen molar-refractivity contribution in [1.82, 2.24) is 0 Å². The first-order chi connectivity index (χ1) is 7.81. The molecular weight excluding hydrogens is 270 g/mol. The molecular formula is C12H16BrNO2. The molecule has 0 radical (unpaired) electrons. The molecule has 1 fully saturated rings. The van der Waals surface area contributed by atoms with Gasteiger partial charge < -0.3 is 14.7 Å². The van der Waals surface area contributed by atoms with E-state index >= 15 is 0 Å². The van der Waals surface area contributed by atoms with Crippen molar-refractivity contribution in [1.29, 1.82) is 0 Å². The highest BCUT2D eigenvalue weighted by molar-refractivity contribution is 9.10. The second kappa shape index (κ2) is 5.66. The zero-order valence-electron chi connectivity index (χ0n) is 9.10. The fourth-order valence-electron chi connectivity index (χ4n) is 2.04. The molecule has 1 aromatic rings. The van der Waals surface area contributed by atoms with Gasteiger partial charge in [0.1, 0.15) is 0 Å². The number of halogens is 1. The number of benzene rings is 1. The first-order valence-electron chi connectivity index (χ1n) is 5.52. The Hall–Kier alpha value is -0.580. The van der Waals surface area contributed by atoms with Crippen LogP contribution in [0.4, 0.5) is 5.69 Å². The summed E-state index contributed by atoms with van der Waals surface area (Å²) in [6.45, 7) is 2.56. The van der Waals surface area contributed by atoms with Crippen LogP contribution in [0.15, 0.2) is 28.7 Å². The molecule has 1 heterocycles. The van der Waals surface area contributed by atoms with E-state index in [0.717, 1.165) is 24.0 Å². The van der Waals surface area contributed by atoms with Gasteiger partial charge in [-0.3, -0.25) is 0 Å². The van der Waals surface area contributed by atoms with Crippen molar-refractivity contribution in [3.63, 3.8) is 0 Å². The number of aliphatic hydroxyl groups is 1. The number of ether oxygens (including phenoxy) is 1. The molecule has 2 rings (SSSR count). The summed E-state index contributed by atoms with van der Waals surface area (Å²) in [5, 5.41) is 9.05. The fourth-order valence-corrected chi connectivity index (χ4v) is 2.42. The first-order valence-corrected chi connectivity index (χ1v) is 6.31. The number of hydrogen-bond acceptors (Lipinski definition) is 3. The van der Waals surface area contributed by atoms with Crippen molar-refractivity contribution in [3.05, 3.63) is 28.7 Å². The summed E-state index contributed by atoms with van der Waals surface area (Å²) in [4.78, 5) is 2.31. The van der Waals surface area contributed by atoms with Crippen LogP contribution in [0.5, 0.6) is 0 Å². The van der Waals surface area contributed by atoms with Crippen LogP contribution in [0.25, 0.3) is 0 Å². The lowest BCUT2D eigenvalue weighted by Gasteiger charge is -2.37. The minimum atomic E-state index is 0.207. The Morgan fingerprint density at radius 3 is 3.12 bits per heavy atom. The number of aliphatic hydroxyl groups excluding tert-OH is 1. The first kappa shape index (κ1) is 11.9. The zero-order chi connectivity index (χ0) is 11.4. The highest BCUT2D eigenvalue weighted by atomic mass is 79.9. The van der Waals surface area contributed by atoms with Gasteiger partial charge in [0.05, 0.1) is 19.3 Å². The van der Waals surface area contributed by atoms with E-state index in [1.165, 1.54) is 5.69 Å². The van der Waals surface area contributed by atoms with Gasteiger partial charge in [-0.2, -0.15) is 0 Å². The molecule has 0 bridgehead atoms. The maximum Gasteiger partial charge on any atom is 0.0671 e. The van der Waals surface area contributed by atoms with Crippen molar-refractivity contribution < 1.29 is 9.84 Å². The smallest absolute Gasteiger partial charge is 0.0671 e. The Kier molecular flexibility index (Phi) is 4.21. The predicted molar refractivity (Wildman–Crippen MR) is 67.8 cm³/mol. The molecule has 1 unspecified atom stereocenters. The van der Waals surface area contributed by atoms with Gasteiger partial charge in [0.15, 0.2) is 0 Å². The SMILES string of the molecule is OCCC1COCCN1c1cccc(Br)c1. The molecule has 16 heavy (non-hydrogen) atoms. The Labute approximate surface area is 104 Å². The highest BCUT2D eigenvalue weighted by Crippen LogP contribution is 2.24. The van der Waals surface area contributed by atoms with Crippen LogP contribution in [-0.2, 0) is 4.74 Å². The van der Waals surface area contributed by atoms with Gasteiger partial charge in [0.25, 0.3) is 0 Å². The normalized spacial score (nSPS) is 21.1.